The summed E-state index contributed by atoms with van der Waals surface area (Å²) >= 11 is 0. The zero-order chi connectivity index (χ0) is 19.5. The number of nitrogens with one attached hydrogen (secondary N) is 1. The van der Waals surface area contributed by atoms with Crippen LogP contribution in [0.3, 0.4) is 0 Å². The van der Waals surface area contributed by atoms with Crippen molar-refractivity contribution in [3.8, 4) is 0 Å². The molecule has 28 heavy (non-hydrogen) atoms. The lowest BCUT2D eigenvalue weighted by atomic mass is 9.49. The third-order valence-electron chi connectivity index (χ3n) is 7.49. The van der Waals surface area contributed by atoms with Crippen molar-refractivity contribution < 1.29 is 4.79 Å². The summed E-state index contributed by atoms with van der Waals surface area (Å²) in [7, 11) is 0. The molecule has 2 aromatic heterocycles. The maximum atomic E-state index is 12.6. The Balaban J connectivity index is 1.22. The first-order valence-corrected chi connectivity index (χ1v) is 10.7. The van der Waals surface area contributed by atoms with Gasteiger partial charge in [0.2, 0.25) is 11.9 Å². The molecule has 1 amide bonds. The van der Waals surface area contributed by atoms with E-state index in [2.05, 4.69) is 20.4 Å². The number of aryl methyl sites for hydroxylation is 2. The van der Waals surface area contributed by atoms with Crippen molar-refractivity contribution in [3.05, 3.63) is 17.0 Å². The summed E-state index contributed by atoms with van der Waals surface area (Å²) in [5, 5.41) is 7.48. The number of hydrogen-bond acceptors (Lipinski definition) is 5. The summed E-state index contributed by atoms with van der Waals surface area (Å²) in [6.07, 6.45) is 9.43. The standard InChI is InChI=1S/C21H30N6O/c1-12-17(13(2)27-20(24-12)25-19(22)26-27)3-4-18(28)23-11-21-8-14-5-15(9-21)7-16(6-14)10-21/h14-16H,3-11H2,1-2H3,(H2,22,26)(H,23,28). The topological polar surface area (TPSA) is 98.2 Å². The Morgan fingerprint density at radius 1 is 1.14 bits per heavy atom. The first-order valence-electron chi connectivity index (χ1n) is 10.7. The summed E-state index contributed by atoms with van der Waals surface area (Å²) in [5.41, 5.74) is 8.99. The van der Waals surface area contributed by atoms with Gasteiger partial charge in [-0.05, 0) is 87.5 Å². The second-order valence-electron chi connectivity index (χ2n) is 9.64. The first-order chi connectivity index (χ1) is 13.4. The summed E-state index contributed by atoms with van der Waals surface area (Å²) in [6, 6.07) is 0. The van der Waals surface area contributed by atoms with Crippen molar-refractivity contribution >= 4 is 17.6 Å². The molecule has 2 heterocycles. The average Bonchev–Trinajstić information content (AvgIpc) is 2.99. The Hall–Kier alpha value is -2.18. The number of carbonyl (C=O) groups is 1. The fourth-order valence-electron chi connectivity index (χ4n) is 6.71. The number of anilines is 1. The van der Waals surface area contributed by atoms with E-state index in [0.717, 1.165) is 41.2 Å². The van der Waals surface area contributed by atoms with E-state index >= 15 is 0 Å². The maximum Gasteiger partial charge on any atom is 0.254 e. The van der Waals surface area contributed by atoms with Gasteiger partial charge in [0.15, 0.2) is 0 Å². The van der Waals surface area contributed by atoms with E-state index in [1.54, 1.807) is 4.52 Å². The molecule has 0 atom stereocenters. The lowest BCUT2D eigenvalue weighted by Crippen LogP contribution is -2.51. The predicted molar refractivity (Wildman–Crippen MR) is 107 cm³/mol. The number of aromatic nitrogens is 4. The third-order valence-corrected chi connectivity index (χ3v) is 7.49. The SMILES string of the molecule is Cc1nc2nc(N)nn2c(C)c1CCC(=O)NCC12CC3CC(CC(C3)C1)C2. The molecule has 4 aliphatic rings. The number of nitrogen functional groups attached to an aromatic ring is 1. The molecular weight excluding hydrogens is 352 g/mol. The van der Waals surface area contributed by atoms with Crippen LogP contribution >= 0.6 is 0 Å². The highest BCUT2D eigenvalue weighted by Crippen LogP contribution is 2.59. The highest BCUT2D eigenvalue weighted by molar-refractivity contribution is 5.76. The Bertz CT molecular complexity index is 897. The summed E-state index contributed by atoms with van der Waals surface area (Å²) in [6.45, 7) is 4.81. The molecule has 150 valence electrons. The van der Waals surface area contributed by atoms with Gasteiger partial charge < -0.3 is 11.1 Å². The van der Waals surface area contributed by atoms with Gasteiger partial charge >= 0.3 is 0 Å². The molecule has 0 aromatic carbocycles. The van der Waals surface area contributed by atoms with Crippen LogP contribution in [0, 0.1) is 37.0 Å². The lowest BCUT2D eigenvalue weighted by molar-refractivity contribution is -0.123. The number of nitrogens with two attached hydrogens (primary N) is 1. The van der Waals surface area contributed by atoms with E-state index in [1.807, 2.05) is 13.8 Å². The van der Waals surface area contributed by atoms with Crippen LogP contribution in [0.5, 0.6) is 0 Å². The van der Waals surface area contributed by atoms with E-state index in [9.17, 15) is 4.79 Å². The molecule has 0 saturated heterocycles. The zero-order valence-electron chi connectivity index (χ0n) is 16.9. The second kappa shape index (κ2) is 6.42. The lowest BCUT2D eigenvalue weighted by Gasteiger charge is -2.56. The van der Waals surface area contributed by atoms with Gasteiger partial charge in [-0.1, -0.05) is 0 Å². The molecule has 4 aliphatic carbocycles. The second-order valence-corrected chi connectivity index (χ2v) is 9.64. The van der Waals surface area contributed by atoms with Crippen molar-refractivity contribution in [2.24, 2.45) is 23.2 Å². The Morgan fingerprint density at radius 2 is 1.79 bits per heavy atom. The van der Waals surface area contributed by atoms with Crippen LogP contribution in [0.2, 0.25) is 0 Å². The van der Waals surface area contributed by atoms with Gasteiger partial charge in [-0.2, -0.15) is 9.50 Å². The maximum absolute atomic E-state index is 12.6. The van der Waals surface area contributed by atoms with E-state index < -0.39 is 0 Å². The quantitative estimate of drug-likeness (QED) is 0.828. The number of rotatable bonds is 5. The van der Waals surface area contributed by atoms with Crippen molar-refractivity contribution in [1.29, 1.82) is 0 Å². The van der Waals surface area contributed by atoms with Crippen LogP contribution in [0.25, 0.3) is 5.78 Å². The van der Waals surface area contributed by atoms with Crippen LogP contribution in [-0.4, -0.2) is 32.0 Å². The molecule has 4 saturated carbocycles. The van der Waals surface area contributed by atoms with Gasteiger partial charge in [0, 0.05) is 24.4 Å². The average molecular weight is 383 g/mol. The molecule has 7 nitrogen and oxygen atoms in total. The number of carbonyl (C=O) groups excluding carboxylic acids is 1. The predicted octanol–water partition coefficient (Wildman–Crippen LogP) is 2.59. The summed E-state index contributed by atoms with van der Waals surface area (Å²) < 4.78 is 1.67. The van der Waals surface area contributed by atoms with Crippen LogP contribution in [0.4, 0.5) is 5.95 Å². The van der Waals surface area contributed by atoms with Crippen molar-refractivity contribution in [1.82, 2.24) is 24.9 Å². The molecule has 2 aromatic rings. The Kier molecular flexibility index (Phi) is 4.10. The van der Waals surface area contributed by atoms with Gasteiger partial charge in [-0.3, -0.25) is 4.79 Å². The third kappa shape index (κ3) is 3.05. The number of amides is 1. The van der Waals surface area contributed by atoms with E-state index in [0.29, 0.717) is 24.0 Å². The van der Waals surface area contributed by atoms with Gasteiger partial charge in [-0.25, -0.2) is 4.98 Å². The molecule has 0 spiro atoms. The van der Waals surface area contributed by atoms with Gasteiger partial charge in [0.05, 0.1) is 0 Å². The number of hydrogen-bond donors (Lipinski definition) is 2. The molecule has 4 fully saturated rings. The molecule has 7 heteroatoms. The summed E-state index contributed by atoms with van der Waals surface area (Å²) in [5.74, 6) is 3.64. The zero-order valence-corrected chi connectivity index (χ0v) is 16.9. The van der Waals surface area contributed by atoms with Crippen molar-refractivity contribution in [2.45, 2.75) is 65.2 Å². The molecule has 0 unspecified atom stereocenters. The van der Waals surface area contributed by atoms with E-state index in [4.69, 9.17) is 5.73 Å². The van der Waals surface area contributed by atoms with Gasteiger partial charge in [0.25, 0.3) is 5.78 Å². The molecule has 6 rings (SSSR count). The van der Waals surface area contributed by atoms with Crippen LogP contribution in [0.1, 0.15) is 61.9 Å². The van der Waals surface area contributed by atoms with E-state index in [1.165, 1.54) is 38.5 Å². The fraction of sp³-hybridized carbons (Fsp3) is 0.714. The van der Waals surface area contributed by atoms with Crippen LogP contribution in [0.15, 0.2) is 0 Å². The highest BCUT2D eigenvalue weighted by Gasteiger charge is 2.50. The first kappa shape index (κ1) is 17.9. The monoisotopic (exact) mass is 382 g/mol. The minimum Gasteiger partial charge on any atom is -0.366 e. The van der Waals surface area contributed by atoms with Crippen LogP contribution < -0.4 is 11.1 Å². The van der Waals surface area contributed by atoms with Crippen LogP contribution in [-0.2, 0) is 11.2 Å². The number of fused-ring (bicyclic) bond motifs is 1. The Labute approximate surface area is 165 Å². The molecule has 3 N–H and O–H groups in total. The molecule has 0 aliphatic heterocycles. The smallest absolute Gasteiger partial charge is 0.254 e. The van der Waals surface area contributed by atoms with Gasteiger partial charge in [0.1, 0.15) is 0 Å². The van der Waals surface area contributed by atoms with E-state index in [-0.39, 0.29) is 11.9 Å². The Morgan fingerprint density at radius 3 is 2.43 bits per heavy atom. The molecule has 0 radical (unpaired) electrons. The van der Waals surface area contributed by atoms with Crippen molar-refractivity contribution in [2.75, 3.05) is 12.3 Å². The highest BCUT2D eigenvalue weighted by atomic mass is 16.1. The molecule has 4 bridgehead atoms. The molecular formula is C21H30N6O. The minimum atomic E-state index is 0.146. The number of nitrogens with zero attached hydrogens (tertiary/aromatic N) is 4. The van der Waals surface area contributed by atoms with Gasteiger partial charge in [-0.15, -0.1) is 5.10 Å². The van der Waals surface area contributed by atoms with Crippen molar-refractivity contribution in [3.63, 3.8) is 0 Å². The minimum absolute atomic E-state index is 0.146. The fourth-order valence-corrected chi connectivity index (χ4v) is 6.71. The largest absolute Gasteiger partial charge is 0.366 e. The summed E-state index contributed by atoms with van der Waals surface area (Å²) in [4.78, 5) is 21.2. The normalized spacial score (nSPS) is 30.9.